The minimum absolute atomic E-state index is 0.0219. The quantitative estimate of drug-likeness (QED) is 0.412. The smallest absolute Gasteiger partial charge is 0.312 e. The number of methoxy groups -OCH3 is 4. The predicted octanol–water partition coefficient (Wildman–Crippen LogP) is 0.974. The van der Waals surface area contributed by atoms with Gasteiger partial charge in [-0.1, -0.05) is 6.07 Å². The normalized spacial score (nSPS) is 22.5. The minimum Gasteiger partial charge on any atom is -0.493 e. The molecule has 0 saturated heterocycles. The van der Waals surface area contributed by atoms with E-state index in [1.807, 2.05) is 0 Å². The lowest BCUT2D eigenvalue weighted by Gasteiger charge is -2.40. The van der Waals surface area contributed by atoms with E-state index in [9.17, 15) is 14.7 Å². The van der Waals surface area contributed by atoms with E-state index in [1.54, 1.807) is 19.1 Å². The molecular formula is C21H28N2O8. The van der Waals surface area contributed by atoms with Crippen LogP contribution in [0, 0.1) is 5.92 Å². The lowest BCUT2D eigenvalue weighted by molar-refractivity contribution is -0.161. The molecule has 1 aliphatic carbocycles. The molecule has 0 amide bonds. The summed E-state index contributed by atoms with van der Waals surface area (Å²) in [7, 11) is 5.91. The summed E-state index contributed by atoms with van der Waals surface area (Å²) in [6, 6.07) is 3.35. The van der Waals surface area contributed by atoms with Crippen molar-refractivity contribution in [1.29, 1.82) is 0 Å². The third-order valence-electron chi connectivity index (χ3n) is 5.60. The van der Waals surface area contributed by atoms with E-state index in [1.165, 1.54) is 28.4 Å². The summed E-state index contributed by atoms with van der Waals surface area (Å²) < 4.78 is 26.8. The zero-order chi connectivity index (χ0) is 22.8. The number of benzene rings is 1. The van der Waals surface area contributed by atoms with Gasteiger partial charge >= 0.3 is 5.97 Å². The number of carbonyl (C=O) groups excluding carboxylic acids is 1. The van der Waals surface area contributed by atoms with Crippen LogP contribution in [0.4, 0.5) is 0 Å². The maximum Gasteiger partial charge on any atom is 0.312 e. The van der Waals surface area contributed by atoms with Gasteiger partial charge in [-0.25, -0.2) is 0 Å². The van der Waals surface area contributed by atoms with Gasteiger partial charge in [-0.2, -0.15) is 0 Å². The number of carbonyl (C=O) groups is 1. The van der Waals surface area contributed by atoms with E-state index in [0.717, 1.165) is 0 Å². The summed E-state index contributed by atoms with van der Waals surface area (Å²) in [5.74, 6) is -1.55. The molecule has 10 nitrogen and oxygen atoms in total. The summed E-state index contributed by atoms with van der Waals surface area (Å²) in [6.07, 6.45) is 0.0667. The van der Waals surface area contributed by atoms with Crippen molar-refractivity contribution in [2.75, 3.05) is 41.7 Å². The number of fused-ring (bicyclic) bond motifs is 1. The van der Waals surface area contributed by atoms with Crippen LogP contribution in [-0.4, -0.2) is 68.5 Å². The van der Waals surface area contributed by atoms with Crippen LogP contribution >= 0.6 is 0 Å². The Hall–Kier alpha value is -2.98. The molecule has 1 aliphatic rings. The number of esters is 1. The maximum atomic E-state index is 13.1. The number of aromatic amines is 2. The number of rotatable bonds is 8. The van der Waals surface area contributed by atoms with Crippen molar-refractivity contribution in [3.05, 3.63) is 39.3 Å². The van der Waals surface area contributed by atoms with Crippen LogP contribution < -0.4 is 19.8 Å². The van der Waals surface area contributed by atoms with E-state index >= 15 is 0 Å². The topological polar surface area (TPSA) is 132 Å². The van der Waals surface area contributed by atoms with Crippen LogP contribution in [0.15, 0.2) is 16.9 Å². The molecule has 3 N–H and O–H groups in total. The van der Waals surface area contributed by atoms with E-state index in [0.29, 0.717) is 34.1 Å². The SMILES string of the molecule is COCCOC(=O)C1C(c2ccc(OC)c(OC)c2OC)c2c([nH][nH]c2=O)CC1(C)O. The fourth-order valence-corrected chi connectivity index (χ4v) is 4.28. The van der Waals surface area contributed by atoms with Crippen molar-refractivity contribution in [1.82, 2.24) is 10.2 Å². The summed E-state index contributed by atoms with van der Waals surface area (Å²) in [5.41, 5.74) is -0.559. The highest BCUT2D eigenvalue weighted by Gasteiger charge is 2.52. The number of nitrogens with one attached hydrogen (secondary N) is 2. The number of aromatic nitrogens is 2. The fourth-order valence-electron chi connectivity index (χ4n) is 4.28. The van der Waals surface area contributed by atoms with Crippen LogP contribution in [-0.2, 0) is 20.7 Å². The first-order valence-corrected chi connectivity index (χ1v) is 9.76. The monoisotopic (exact) mass is 436 g/mol. The van der Waals surface area contributed by atoms with Crippen molar-refractivity contribution in [3.8, 4) is 17.2 Å². The zero-order valence-electron chi connectivity index (χ0n) is 18.2. The molecule has 170 valence electrons. The van der Waals surface area contributed by atoms with Crippen LogP contribution in [0.2, 0.25) is 0 Å². The zero-order valence-corrected chi connectivity index (χ0v) is 18.2. The molecule has 2 aromatic rings. The molecule has 3 rings (SSSR count). The maximum absolute atomic E-state index is 13.1. The minimum atomic E-state index is -1.51. The van der Waals surface area contributed by atoms with Gasteiger partial charge in [0.05, 0.1) is 39.5 Å². The van der Waals surface area contributed by atoms with Gasteiger partial charge in [-0.15, -0.1) is 0 Å². The third-order valence-corrected chi connectivity index (χ3v) is 5.60. The molecule has 1 aromatic heterocycles. The molecule has 1 heterocycles. The summed E-state index contributed by atoms with van der Waals surface area (Å²) in [5, 5.41) is 16.6. The van der Waals surface area contributed by atoms with Gasteiger partial charge in [-0.05, 0) is 13.0 Å². The predicted molar refractivity (Wildman–Crippen MR) is 110 cm³/mol. The first kappa shape index (κ1) is 22.7. The molecule has 0 spiro atoms. The second-order valence-corrected chi connectivity index (χ2v) is 7.54. The van der Waals surface area contributed by atoms with Crippen molar-refractivity contribution in [2.24, 2.45) is 5.92 Å². The van der Waals surface area contributed by atoms with Crippen LogP contribution in [0.3, 0.4) is 0 Å². The molecule has 0 radical (unpaired) electrons. The number of hydrogen-bond acceptors (Lipinski definition) is 8. The Morgan fingerprint density at radius 3 is 2.42 bits per heavy atom. The largest absolute Gasteiger partial charge is 0.493 e. The Bertz CT molecular complexity index is 994. The third kappa shape index (κ3) is 4.00. The first-order valence-electron chi connectivity index (χ1n) is 9.76. The van der Waals surface area contributed by atoms with Crippen LogP contribution in [0.25, 0.3) is 0 Å². The highest BCUT2D eigenvalue weighted by Crippen LogP contribution is 2.50. The summed E-state index contributed by atoms with van der Waals surface area (Å²) in [6.45, 7) is 1.78. The van der Waals surface area contributed by atoms with E-state index in [2.05, 4.69) is 10.2 Å². The lowest BCUT2D eigenvalue weighted by atomic mass is 9.66. The molecule has 0 fully saturated rings. The molecular weight excluding hydrogens is 408 g/mol. The van der Waals surface area contributed by atoms with Gasteiger partial charge in [0.2, 0.25) is 5.75 Å². The number of ether oxygens (including phenoxy) is 5. The van der Waals surface area contributed by atoms with Crippen LogP contribution in [0.5, 0.6) is 17.2 Å². The van der Waals surface area contributed by atoms with Crippen molar-refractivity contribution >= 4 is 5.97 Å². The second kappa shape index (κ2) is 9.03. The highest BCUT2D eigenvalue weighted by atomic mass is 16.6. The van der Waals surface area contributed by atoms with E-state index in [-0.39, 0.29) is 25.2 Å². The number of H-pyrrole nitrogens is 2. The fraction of sp³-hybridized carbons (Fsp3) is 0.524. The Labute approximate surface area is 179 Å². The van der Waals surface area contributed by atoms with Crippen molar-refractivity contribution in [2.45, 2.75) is 24.9 Å². The molecule has 0 aliphatic heterocycles. The number of hydrogen-bond donors (Lipinski definition) is 3. The van der Waals surface area contributed by atoms with E-state index in [4.69, 9.17) is 23.7 Å². The average molecular weight is 436 g/mol. The standard InChI is InChI=1S/C21H28N2O8/c1-21(26)10-12-15(19(24)23-22-12)14(16(21)20(25)31-9-8-27-2)11-6-7-13(28-3)18(30-5)17(11)29-4/h6-7,14,16,26H,8-10H2,1-5H3,(H2,22,23,24). The second-order valence-electron chi connectivity index (χ2n) is 7.54. The van der Waals surface area contributed by atoms with Gasteiger partial charge < -0.3 is 33.9 Å². The average Bonchev–Trinajstić information content (AvgIpc) is 3.10. The Balaban J connectivity index is 2.23. The highest BCUT2D eigenvalue weighted by molar-refractivity contribution is 5.78. The summed E-state index contributed by atoms with van der Waals surface area (Å²) in [4.78, 5) is 25.9. The Morgan fingerprint density at radius 2 is 1.81 bits per heavy atom. The molecule has 0 bridgehead atoms. The van der Waals surface area contributed by atoms with Gasteiger partial charge in [0.25, 0.3) is 5.56 Å². The Morgan fingerprint density at radius 1 is 1.10 bits per heavy atom. The first-order chi connectivity index (χ1) is 14.8. The Kier molecular flexibility index (Phi) is 6.61. The molecule has 3 atom stereocenters. The van der Waals surface area contributed by atoms with Gasteiger partial charge in [-0.3, -0.25) is 14.7 Å². The van der Waals surface area contributed by atoms with Gasteiger partial charge in [0.1, 0.15) is 6.61 Å². The van der Waals surface area contributed by atoms with Crippen molar-refractivity contribution < 1.29 is 33.6 Å². The molecule has 0 saturated carbocycles. The van der Waals surface area contributed by atoms with Gasteiger partial charge in [0.15, 0.2) is 11.5 Å². The van der Waals surface area contributed by atoms with Crippen molar-refractivity contribution in [3.63, 3.8) is 0 Å². The van der Waals surface area contributed by atoms with E-state index < -0.39 is 23.4 Å². The lowest BCUT2D eigenvalue weighted by Crippen LogP contribution is -2.50. The molecule has 31 heavy (non-hydrogen) atoms. The molecule has 3 unspecified atom stereocenters. The molecule has 1 aromatic carbocycles. The van der Waals surface area contributed by atoms with Gasteiger partial charge in [0, 0.05) is 36.3 Å². The molecule has 10 heteroatoms. The summed E-state index contributed by atoms with van der Waals surface area (Å²) >= 11 is 0. The van der Waals surface area contributed by atoms with Crippen LogP contribution in [0.1, 0.15) is 29.7 Å². The number of aliphatic hydroxyl groups is 1.